The van der Waals surface area contributed by atoms with Crippen molar-refractivity contribution in [3.8, 4) is 0 Å². The summed E-state index contributed by atoms with van der Waals surface area (Å²) in [6, 6.07) is 6.52. The van der Waals surface area contributed by atoms with Gasteiger partial charge in [0.25, 0.3) is 0 Å². The number of hydrogen-bond donors (Lipinski definition) is 0. The summed E-state index contributed by atoms with van der Waals surface area (Å²) in [5.41, 5.74) is 1.39. The molecular formula is C10H11BrS. The van der Waals surface area contributed by atoms with Gasteiger partial charge in [0, 0.05) is 14.6 Å². The molecule has 1 aromatic carbocycles. The lowest BCUT2D eigenvalue weighted by Crippen LogP contribution is -1.81. The Hall–Kier alpha value is 0.0500. The Balaban J connectivity index is 2.18. The van der Waals surface area contributed by atoms with E-state index in [0.717, 1.165) is 5.25 Å². The molecule has 0 N–H and O–H groups in total. The summed E-state index contributed by atoms with van der Waals surface area (Å²) >= 11 is 5.49. The van der Waals surface area contributed by atoms with E-state index in [1.807, 2.05) is 11.8 Å². The zero-order valence-corrected chi connectivity index (χ0v) is 9.41. The molecule has 2 rings (SSSR count). The van der Waals surface area contributed by atoms with Gasteiger partial charge < -0.3 is 0 Å². The summed E-state index contributed by atoms with van der Waals surface area (Å²) in [5, 5.41) is 0.907. The highest BCUT2D eigenvalue weighted by Gasteiger charge is 2.22. The minimum absolute atomic E-state index is 0.907. The van der Waals surface area contributed by atoms with Crippen LogP contribution in [0.2, 0.25) is 0 Å². The highest BCUT2D eigenvalue weighted by molar-refractivity contribution is 9.10. The first-order valence-electron chi connectivity index (χ1n) is 4.18. The molecule has 0 aromatic heterocycles. The van der Waals surface area contributed by atoms with E-state index >= 15 is 0 Å². The molecule has 12 heavy (non-hydrogen) atoms. The van der Waals surface area contributed by atoms with E-state index in [-0.39, 0.29) is 0 Å². The van der Waals surface area contributed by atoms with Crippen molar-refractivity contribution in [3.63, 3.8) is 0 Å². The maximum Gasteiger partial charge on any atom is 0.0178 e. The third-order valence-corrected chi connectivity index (χ3v) is 3.96. The van der Waals surface area contributed by atoms with Crippen molar-refractivity contribution in [1.29, 1.82) is 0 Å². The van der Waals surface area contributed by atoms with E-state index in [2.05, 4.69) is 41.1 Å². The fourth-order valence-corrected chi connectivity index (χ4v) is 2.71. The van der Waals surface area contributed by atoms with Crippen molar-refractivity contribution in [2.75, 3.05) is 0 Å². The first kappa shape index (κ1) is 8.64. The van der Waals surface area contributed by atoms with Crippen molar-refractivity contribution in [2.45, 2.75) is 29.9 Å². The van der Waals surface area contributed by atoms with Crippen LogP contribution in [0.3, 0.4) is 0 Å². The van der Waals surface area contributed by atoms with Gasteiger partial charge in [-0.3, -0.25) is 0 Å². The summed E-state index contributed by atoms with van der Waals surface area (Å²) in [5.74, 6) is 0. The molecule has 1 saturated carbocycles. The Morgan fingerprint density at radius 1 is 1.42 bits per heavy atom. The van der Waals surface area contributed by atoms with Crippen molar-refractivity contribution < 1.29 is 0 Å². The number of halogens is 1. The summed E-state index contributed by atoms with van der Waals surface area (Å²) in [6.45, 7) is 2.18. The number of aryl methyl sites for hydroxylation is 1. The lowest BCUT2D eigenvalue weighted by Gasteiger charge is -2.03. The minimum Gasteiger partial charge on any atom is -0.122 e. The summed E-state index contributed by atoms with van der Waals surface area (Å²) < 4.78 is 1.18. The van der Waals surface area contributed by atoms with E-state index in [1.54, 1.807) is 0 Å². The molecule has 0 heterocycles. The second-order valence-electron chi connectivity index (χ2n) is 3.23. The van der Waals surface area contributed by atoms with Crippen LogP contribution in [0.1, 0.15) is 18.4 Å². The van der Waals surface area contributed by atoms with E-state index in [0.29, 0.717) is 0 Å². The lowest BCUT2D eigenvalue weighted by atomic mass is 10.2. The summed E-state index contributed by atoms with van der Waals surface area (Å²) in [6.07, 6.45) is 2.81. The molecule has 0 nitrogen and oxygen atoms in total. The molecule has 0 saturated heterocycles. The van der Waals surface area contributed by atoms with Crippen molar-refractivity contribution >= 4 is 27.7 Å². The molecule has 0 atom stereocenters. The molecule has 0 aliphatic heterocycles. The summed E-state index contributed by atoms with van der Waals surface area (Å²) in [7, 11) is 0. The molecule has 0 bridgehead atoms. The monoisotopic (exact) mass is 242 g/mol. The predicted octanol–water partition coefficient (Wildman–Crippen LogP) is 4.01. The number of thioether (sulfide) groups is 1. The van der Waals surface area contributed by atoms with Gasteiger partial charge in [-0.2, -0.15) is 0 Å². The highest BCUT2D eigenvalue weighted by Crippen LogP contribution is 2.40. The first-order chi connectivity index (χ1) is 5.75. The molecule has 1 aliphatic carbocycles. The minimum atomic E-state index is 0.907. The smallest absolute Gasteiger partial charge is 0.0178 e. The van der Waals surface area contributed by atoms with Gasteiger partial charge in [0.05, 0.1) is 0 Å². The van der Waals surface area contributed by atoms with Crippen LogP contribution in [0.25, 0.3) is 0 Å². The van der Waals surface area contributed by atoms with Crippen LogP contribution in [-0.2, 0) is 0 Å². The average Bonchev–Trinajstić information content (AvgIpc) is 2.79. The van der Waals surface area contributed by atoms with Crippen molar-refractivity contribution in [3.05, 3.63) is 28.2 Å². The maximum absolute atomic E-state index is 3.47. The van der Waals surface area contributed by atoms with Crippen LogP contribution >= 0.6 is 27.7 Å². The average molecular weight is 243 g/mol. The Kier molecular flexibility index (Phi) is 2.47. The third-order valence-electron chi connectivity index (χ3n) is 1.95. The van der Waals surface area contributed by atoms with E-state index in [4.69, 9.17) is 0 Å². The molecule has 0 spiro atoms. The van der Waals surface area contributed by atoms with Crippen LogP contribution in [0, 0.1) is 6.92 Å². The molecular weight excluding hydrogens is 232 g/mol. The quantitative estimate of drug-likeness (QED) is 0.756. The highest BCUT2D eigenvalue weighted by atomic mass is 79.9. The Morgan fingerprint density at radius 2 is 2.17 bits per heavy atom. The Labute approximate surface area is 85.9 Å². The van der Waals surface area contributed by atoms with Crippen LogP contribution in [-0.4, -0.2) is 5.25 Å². The molecule has 64 valence electrons. The number of hydrogen-bond acceptors (Lipinski definition) is 1. The van der Waals surface area contributed by atoms with Gasteiger partial charge in [-0.05, 0) is 43.5 Å². The molecule has 2 heteroatoms. The van der Waals surface area contributed by atoms with Gasteiger partial charge in [-0.25, -0.2) is 0 Å². The third kappa shape index (κ3) is 2.05. The van der Waals surface area contributed by atoms with Crippen LogP contribution < -0.4 is 0 Å². The van der Waals surface area contributed by atoms with Gasteiger partial charge in [-0.15, -0.1) is 11.8 Å². The predicted molar refractivity (Wildman–Crippen MR) is 57.8 cm³/mol. The topological polar surface area (TPSA) is 0 Å². The molecule has 0 radical (unpaired) electrons. The molecule has 0 amide bonds. The largest absolute Gasteiger partial charge is 0.122 e. The molecule has 1 aliphatic rings. The number of benzene rings is 1. The lowest BCUT2D eigenvalue weighted by molar-refractivity contribution is 1.28. The van der Waals surface area contributed by atoms with Crippen LogP contribution in [0.4, 0.5) is 0 Å². The van der Waals surface area contributed by atoms with Gasteiger partial charge >= 0.3 is 0 Å². The summed E-state index contributed by atoms with van der Waals surface area (Å²) in [4.78, 5) is 1.45. The van der Waals surface area contributed by atoms with Gasteiger partial charge in [0.1, 0.15) is 0 Å². The SMILES string of the molecule is Cc1cc(Br)ccc1SC1CC1. The fraction of sp³-hybridized carbons (Fsp3) is 0.400. The normalized spacial score (nSPS) is 16.5. The van der Waals surface area contributed by atoms with Gasteiger partial charge in [0.2, 0.25) is 0 Å². The van der Waals surface area contributed by atoms with Crippen molar-refractivity contribution in [2.24, 2.45) is 0 Å². The zero-order chi connectivity index (χ0) is 8.55. The Morgan fingerprint density at radius 3 is 2.75 bits per heavy atom. The van der Waals surface area contributed by atoms with Crippen molar-refractivity contribution in [1.82, 2.24) is 0 Å². The van der Waals surface area contributed by atoms with Gasteiger partial charge in [0.15, 0.2) is 0 Å². The number of rotatable bonds is 2. The Bertz CT molecular complexity index is 292. The standard InChI is InChI=1S/C10H11BrS/c1-7-6-8(11)2-5-10(7)12-9-3-4-9/h2,5-6,9H,3-4H2,1H3. The second kappa shape index (κ2) is 3.43. The van der Waals surface area contributed by atoms with E-state index in [1.165, 1.54) is 27.8 Å². The molecule has 1 aromatic rings. The van der Waals surface area contributed by atoms with E-state index in [9.17, 15) is 0 Å². The first-order valence-corrected chi connectivity index (χ1v) is 5.86. The molecule has 1 fully saturated rings. The zero-order valence-electron chi connectivity index (χ0n) is 7.01. The van der Waals surface area contributed by atoms with E-state index < -0.39 is 0 Å². The second-order valence-corrected chi connectivity index (χ2v) is 5.48. The maximum atomic E-state index is 3.47. The van der Waals surface area contributed by atoms with Crippen LogP contribution in [0.15, 0.2) is 27.6 Å². The fourth-order valence-electron chi connectivity index (χ4n) is 1.11. The van der Waals surface area contributed by atoms with Crippen LogP contribution in [0.5, 0.6) is 0 Å². The van der Waals surface area contributed by atoms with Gasteiger partial charge in [-0.1, -0.05) is 15.9 Å². The molecule has 0 unspecified atom stereocenters.